The lowest BCUT2D eigenvalue weighted by molar-refractivity contribution is 0.569. The summed E-state index contributed by atoms with van der Waals surface area (Å²) in [4.78, 5) is 0. The molecule has 0 aromatic carbocycles. The van der Waals surface area contributed by atoms with Gasteiger partial charge in [-0.3, -0.25) is 0 Å². The van der Waals surface area contributed by atoms with Gasteiger partial charge in [0, 0.05) is 5.33 Å². The van der Waals surface area contributed by atoms with Gasteiger partial charge in [0.1, 0.15) is 0 Å². The van der Waals surface area contributed by atoms with Crippen LogP contribution in [0.4, 0.5) is 0 Å². The highest BCUT2D eigenvalue weighted by atomic mass is 79.9. The van der Waals surface area contributed by atoms with Crippen LogP contribution in [0.15, 0.2) is 0 Å². The topological polar surface area (TPSA) is 0 Å². The summed E-state index contributed by atoms with van der Waals surface area (Å²) in [6, 6.07) is 0. The molecule has 46 valence electrons. The number of alkyl halides is 1. The van der Waals surface area contributed by atoms with Crippen LogP contribution >= 0.6 is 15.9 Å². The van der Waals surface area contributed by atoms with Crippen molar-refractivity contribution in [3.05, 3.63) is 12.8 Å². The lowest BCUT2D eigenvalue weighted by atomic mass is 9.91. The van der Waals surface area contributed by atoms with Crippen LogP contribution in [0.25, 0.3) is 0 Å². The third kappa shape index (κ3) is 1.77. The first kappa shape index (κ1) is 6.60. The van der Waals surface area contributed by atoms with Gasteiger partial charge in [-0.1, -0.05) is 15.9 Å². The Labute approximate surface area is 59.8 Å². The first-order valence-electron chi connectivity index (χ1n) is 3.14. The number of halogens is 1. The normalized spacial score (nSPS) is 23.6. The molecule has 1 unspecified atom stereocenters. The molecule has 0 saturated heterocycles. The molecule has 1 rings (SSSR count). The largest absolute Gasteiger partial charge is 0.0925 e. The summed E-state index contributed by atoms with van der Waals surface area (Å²) in [5.74, 6) is 0.823. The Morgan fingerprint density at radius 3 is 2.75 bits per heavy atom. The van der Waals surface area contributed by atoms with Gasteiger partial charge in [0.15, 0.2) is 0 Å². The Hall–Kier alpha value is 0.480. The van der Waals surface area contributed by atoms with Crippen LogP contribution in [0.3, 0.4) is 0 Å². The Balaban J connectivity index is 2.13. The number of hydrogen-bond acceptors (Lipinski definition) is 0. The first-order chi connectivity index (χ1) is 3.93. The van der Waals surface area contributed by atoms with Gasteiger partial charge in [0.25, 0.3) is 0 Å². The average Bonchev–Trinajstić information content (AvgIpc) is 1.90. The van der Waals surface area contributed by atoms with Crippen molar-refractivity contribution < 1.29 is 0 Å². The van der Waals surface area contributed by atoms with Gasteiger partial charge >= 0.3 is 0 Å². The summed E-state index contributed by atoms with van der Waals surface area (Å²) in [5, 5.41) is 1.14. The average molecular weight is 175 g/mol. The SMILES string of the molecule is BrCC1[CH]CC[CH]C1. The van der Waals surface area contributed by atoms with E-state index in [1.165, 1.54) is 19.3 Å². The van der Waals surface area contributed by atoms with E-state index in [0.717, 1.165) is 11.2 Å². The van der Waals surface area contributed by atoms with E-state index in [9.17, 15) is 0 Å². The maximum atomic E-state index is 3.46. The van der Waals surface area contributed by atoms with Gasteiger partial charge in [0.05, 0.1) is 0 Å². The van der Waals surface area contributed by atoms with Crippen molar-refractivity contribution in [3.8, 4) is 0 Å². The molecule has 8 heavy (non-hydrogen) atoms. The Morgan fingerprint density at radius 2 is 2.38 bits per heavy atom. The summed E-state index contributed by atoms with van der Waals surface area (Å²) in [6.07, 6.45) is 8.66. The van der Waals surface area contributed by atoms with E-state index in [1.807, 2.05) is 0 Å². The van der Waals surface area contributed by atoms with Crippen molar-refractivity contribution >= 4 is 15.9 Å². The third-order valence-corrected chi connectivity index (χ3v) is 2.37. The summed E-state index contributed by atoms with van der Waals surface area (Å²) in [6.45, 7) is 0. The summed E-state index contributed by atoms with van der Waals surface area (Å²) in [5.41, 5.74) is 0. The van der Waals surface area contributed by atoms with Gasteiger partial charge in [-0.25, -0.2) is 0 Å². The first-order valence-corrected chi connectivity index (χ1v) is 4.26. The van der Waals surface area contributed by atoms with Crippen molar-refractivity contribution in [2.45, 2.75) is 19.3 Å². The van der Waals surface area contributed by atoms with Gasteiger partial charge in [-0.05, 0) is 38.0 Å². The standard InChI is InChI=1S/C7H11Br/c8-6-7-4-2-1-3-5-7/h2,5,7H,1,3-4,6H2. The Bertz CT molecular complexity index is 55.4. The van der Waals surface area contributed by atoms with Crippen molar-refractivity contribution in [3.63, 3.8) is 0 Å². The summed E-state index contributed by atoms with van der Waals surface area (Å²) >= 11 is 3.46. The molecule has 0 spiro atoms. The van der Waals surface area contributed by atoms with Crippen LogP contribution < -0.4 is 0 Å². The number of hydrogen-bond donors (Lipinski definition) is 0. The molecule has 0 amide bonds. The van der Waals surface area contributed by atoms with E-state index in [1.54, 1.807) is 0 Å². The predicted octanol–water partition coefficient (Wildman–Crippen LogP) is 2.59. The molecule has 0 aromatic rings. The smallest absolute Gasteiger partial charge is 0.00625 e. The minimum atomic E-state index is 0.823. The molecule has 1 aliphatic carbocycles. The van der Waals surface area contributed by atoms with Crippen LogP contribution in [0, 0.1) is 18.8 Å². The van der Waals surface area contributed by atoms with E-state index < -0.39 is 0 Å². The molecule has 0 aromatic heterocycles. The van der Waals surface area contributed by atoms with Crippen molar-refractivity contribution in [2.24, 2.45) is 5.92 Å². The molecular weight excluding hydrogens is 164 g/mol. The van der Waals surface area contributed by atoms with E-state index in [-0.39, 0.29) is 0 Å². The van der Waals surface area contributed by atoms with E-state index >= 15 is 0 Å². The fourth-order valence-electron chi connectivity index (χ4n) is 1.00. The predicted molar refractivity (Wildman–Crippen MR) is 39.7 cm³/mol. The second kappa shape index (κ2) is 3.49. The number of rotatable bonds is 1. The highest BCUT2D eigenvalue weighted by Gasteiger charge is 2.10. The molecule has 0 heterocycles. The molecule has 1 aliphatic rings. The molecule has 0 aliphatic heterocycles. The van der Waals surface area contributed by atoms with Crippen LogP contribution in [-0.2, 0) is 0 Å². The van der Waals surface area contributed by atoms with Gasteiger partial charge in [0.2, 0.25) is 0 Å². The zero-order valence-electron chi connectivity index (χ0n) is 4.94. The summed E-state index contributed by atoms with van der Waals surface area (Å²) in [7, 11) is 0. The lowest BCUT2D eigenvalue weighted by Gasteiger charge is -2.17. The molecule has 0 bridgehead atoms. The Kier molecular flexibility index (Phi) is 2.88. The molecule has 1 atom stereocenters. The molecule has 1 fully saturated rings. The molecule has 0 N–H and O–H groups in total. The minimum absolute atomic E-state index is 0.823. The highest BCUT2D eigenvalue weighted by molar-refractivity contribution is 9.09. The monoisotopic (exact) mass is 174 g/mol. The summed E-state index contributed by atoms with van der Waals surface area (Å²) < 4.78 is 0. The maximum absolute atomic E-state index is 3.46. The maximum Gasteiger partial charge on any atom is 0.00625 e. The van der Waals surface area contributed by atoms with E-state index in [2.05, 4.69) is 28.8 Å². The van der Waals surface area contributed by atoms with Crippen molar-refractivity contribution in [1.82, 2.24) is 0 Å². The highest BCUT2D eigenvalue weighted by Crippen LogP contribution is 2.22. The van der Waals surface area contributed by atoms with Crippen LogP contribution in [-0.4, -0.2) is 5.33 Å². The second-order valence-corrected chi connectivity index (χ2v) is 2.90. The molecule has 1 heteroatoms. The van der Waals surface area contributed by atoms with Crippen molar-refractivity contribution in [2.75, 3.05) is 5.33 Å². The van der Waals surface area contributed by atoms with E-state index in [4.69, 9.17) is 0 Å². The fourth-order valence-corrected chi connectivity index (χ4v) is 1.53. The van der Waals surface area contributed by atoms with Crippen LogP contribution in [0.5, 0.6) is 0 Å². The van der Waals surface area contributed by atoms with Crippen molar-refractivity contribution in [1.29, 1.82) is 0 Å². The minimum Gasteiger partial charge on any atom is -0.0925 e. The van der Waals surface area contributed by atoms with E-state index in [0.29, 0.717) is 0 Å². The third-order valence-electron chi connectivity index (χ3n) is 1.54. The molecule has 1 saturated carbocycles. The molecule has 0 nitrogen and oxygen atoms in total. The second-order valence-electron chi connectivity index (χ2n) is 2.25. The van der Waals surface area contributed by atoms with Gasteiger partial charge in [-0.15, -0.1) is 0 Å². The quantitative estimate of drug-likeness (QED) is 0.537. The zero-order valence-corrected chi connectivity index (χ0v) is 6.52. The van der Waals surface area contributed by atoms with Crippen LogP contribution in [0.2, 0.25) is 0 Å². The van der Waals surface area contributed by atoms with Gasteiger partial charge < -0.3 is 0 Å². The fraction of sp³-hybridized carbons (Fsp3) is 0.714. The molecular formula is C7H11Br. The Morgan fingerprint density at radius 1 is 1.50 bits per heavy atom. The van der Waals surface area contributed by atoms with Gasteiger partial charge in [-0.2, -0.15) is 0 Å². The van der Waals surface area contributed by atoms with Crippen LogP contribution in [0.1, 0.15) is 19.3 Å². The lowest BCUT2D eigenvalue weighted by Crippen LogP contribution is -2.07. The molecule has 2 radical (unpaired) electrons. The zero-order chi connectivity index (χ0) is 5.82.